The Morgan fingerprint density at radius 3 is 2.26 bits per heavy atom. The first-order valence-electron chi connectivity index (χ1n) is 13.3. The van der Waals surface area contributed by atoms with Gasteiger partial charge in [0.2, 0.25) is 5.91 Å². The molecule has 39 heavy (non-hydrogen) atoms. The van der Waals surface area contributed by atoms with E-state index in [9.17, 15) is 13.2 Å². The molecule has 0 bridgehead atoms. The van der Waals surface area contributed by atoms with Crippen molar-refractivity contribution in [3.05, 3.63) is 108 Å². The Morgan fingerprint density at radius 2 is 1.56 bits per heavy atom. The van der Waals surface area contributed by atoms with Crippen molar-refractivity contribution in [2.24, 2.45) is 11.5 Å². The molecule has 1 fully saturated rings. The monoisotopic (exact) mass is 542 g/mol. The molecule has 1 amide bonds. The van der Waals surface area contributed by atoms with Crippen LogP contribution < -0.4 is 15.8 Å². The van der Waals surface area contributed by atoms with Gasteiger partial charge in [0.15, 0.2) is 0 Å². The summed E-state index contributed by atoms with van der Waals surface area (Å²) in [5.74, 6) is -0.237. The highest BCUT2D eigenvalue weighted by Gasteiger charge is 2.41. The van der Waals surface area contributed by atoms with Crippen LogP contribution in [0.2, 0.25) is 0 Å². The van der Waals surface area contributed by atoms with E-state index in [0.717, 1.165) is 34.7 Å². The molecule has 0 radical (unpaired) electrons. The van der Waals surface area contributed by atoms with Crippen LogP contribution in [0.15, 0.2) is 102 Å². The molecule has 0 aromatic heterocycles. The number of nitrogens with zero attached hydrogens (tertiary/aromatic N) is 2. The van der Waals surface area contributed by atoms with Crippen LogP contribution in [0.3, 0.4) is 0 Å². The van der Waals surface area contributed by atoms with Crippen LogP contribution in [0, 0.1) is 0 Å². The third-order valence-corrected chi connectivity index (χ3v) is 9.31. The van der Waals surface area contributed by atoms with Crippen molar-refractivity contribution in [1.82, 2.24) is 4.90 Å². The minimum Gasteiger partial charge on any atom is -0.337 e. The molecule has 8 heteroatoms. The summed E-state index contributed by atoms with van der Waals surface area (Å²) < 4.78 is 30.4. The summed E-state index contributed by atoms with van der Waals surface area (Å²) in [6, 6.07) is 28.2. The van der Waals surface area contributed by atoms with Crippen LogP contribution in [-0.2, 0) is 27.8 Å². The van der Waals surface area contributed by atoms with Gasteiger partial charge in [0.05, 0.1) is 10.6 Å². The van der Waals surface area contributed by atoms with E-state index in [0.29, 0.717) is 25.3 Å². The van der Waals surface area contributed by atoms with E-state index in [1.807, 2.05) is 54.6 Å². The van der Waals surface area contributed by atoms with Crippen molar-refractivity contribution in [1.29, 1.82) is 0 Å². The molecule has 1 aliphatic heterocycles. The lowest BCUT2D eigenvalue weighted by atomic mass is 10.0. The Hall–Kier alpha value is -3.72. The summed E-state index contributed by atoms with van der Waals surface area (Å²) in [6.07, 6.45) is 1.87. The second-order valence-corrected chi connectivity index (χ2v) is 11.8. The molecule has 4 aromatic carbocycles. The number of nitrogens with two attached hydrogens (primary N) is 2. The Balaban J connectivity index is 1.67. The standard InChI is InChI=1S/C31H34N4O3S/c32-21-24-12-15-27(16-13-24)35(39(37,38)29-17-14-25-9-4-5-10-26(25)20-29)30(19-23-7-2-1-3-8-23)31(36)34-18-6-11-28(34)22-33/h1-5,7-10,12-17,20,28,30H,6,11,18-19,21-22,32-33H2. The summed E-state index contributed by atoms with van der Waals surface area (Å²) in [5.41, 5.74) is 14.0. The predicted molar refractivity (Wildman–Crippen MR) is 156 cm³/mol. The van der Waals surface area contributed by atoms with Gasteiger partial charge in [-0.05, 0) is 59.0 Å². The summed E-state index contributed by atoms with van der Waals surface area (Å²) in [7, 11) is -4.16. The number of carbonyl (C=O) groups excluding carboxylic acids is 1. The second-order valence-electron chi connectivity index (χ2n) is 9.95. The number of rotatable bonds is 9. The molecule has 7 nitrogen and oxygen atoms in total. The van der Waals surface area contributed by atoms with Crippen molar-refractivity contribution >= 4 is 32.4 Å². The molecule has 4 aromatic rings. The topological polar surface area (TPSA) is 110 Å². The molecular weight excluding hydrogens is 508 g/mol. The number of amides is 1. The van der Waals surface area contributed by atoms with E-state index in [1.54, 1.807) is 47.4 Å². The lowest BCUT2D eigenvalue weighted by Crippen LogP contribution is -2.54. The number of sulfonamides is 1. The molecule has 2 unspecified atom stereocenters. The highest BCUT2D eigenvalue weighted by Crippen LogP contribution is 2.32. The van der Waals surface area contributed by atoms with E-state index in [4.69, 9.17) is 11.5 Å². The second kappa shape index (κ2) is 11.6. The largest absolute Gasteiger partial charge is 0.337 e. The smallest absolute Gasteiger partial charge is 0.265 e. The van der Waals surface area contributed by atoms with Gasteiger partial charge in [-0.1, -0.05) is 72.8 Å². The molecule has 0 spiro atoms. The van der Waals surface area contributed by atoms with Gasteiger partial charge in [-0.15, -0.1) is 0 Å². The Labute approximate surface area is 230 Å². The molecule has 1 saturated heterocycles. The molecule has 1 heterocycles. The highest BCUT2D eigenvalue weighted by molar-refractivity contribution is 7.93. The fourth-order valence-electron chi connectivity index (χ4n) is 5.38. The average molecular weight is 543 g/mol. The molecule has 2 atom stereocenters. The Bertz CT molecular complexity index is 1540. The summed E-state index contributed by atoms with van der Waals surface area (Å²) in [5, 5.41) is 1.75. The highest BCUT2D eigenvalue weighted by atomic mass is 32.2. The zero-order valence-corrected chi connectivity index (χ0v) is 22.6. The third kappa shape index (κ3) is 5.54. The van der Waals surface area contributed by atoms with Gasteiger partial charge in [-0.3, -0.25) is 9.10 Å². The van der Waals surface area contributed by atoms with E-state index >= 15 is 0 Å². The molecule has 5 rings (SSSR count). The minimum absolute atomic E-state index is 0.111. The van der Waals surface area contributed by atoms with Crippen molar-refractivity contribution in [3.63, 3.8) is 0 Å². The van der Waals surface area contributed by atoms with Crippen LogP contribution in [0.1, 0.15) is 24.0 Å². The van der Waals surface area contributed by atoms with Crippen molar-refractivity contribution in [2.75, 3.05) is 17.4 Å². The van der Waals surface area contributed by atoms with Gasteiger partial charge >= 0.3 is 0 Å². The van der Waals surface area contributed by atoms with Gasteiger partial charge in [0, 0.05) is 32.1 Å². The molecule has 4 N–H and O–H groups in total. The van der Waals surface area contributed by atoms with Crippen LogP contribution in [0.25, 0.3) is 10.8 Å². The van der Waals surface area contributed by atoms with E-state index < -0.39 is 16.1 Å². The first-order valence-corrected chi connectivity index (χ1v) is 14.7. The van der Waals surface area contributed by atoms with E-state index in [-0.39, 0.29) is 23.3 Å². The minimum atomic E-state index is -4.16. The number of likely N-dealkylation sites (tertiary alicyclic amines) is 1. The summed E-state index contributed by atoms with van der Waals surface area (Å²) in [4.78, 5) is 16.2. The fourth-order valence-corrected chi connectivity index (χ4v) is 7.02. The quantitative estimate of drug-likeness (QED) is 0.332. The van der Waals surface area contributed by atoms with Crippen molar-refractivity contribution in [2.45, 2.75) is 42.8 Å². The van der Waals surface area contributed by atoms with Crippen LogP contribution in [0.5, 0.6) is 0 Å². The van der Waals surface area contributed by atoms with Gasteiger partial charge in [0.25, 0.3) is 10.0 Å². The Morgan fingerprint density at radius 1 is 0.872 bits per heavy atom. The first-order chi connectivity index (χ1) is 18.9. The van der Waals surface area contributed by atoms with E-state index in [2.05, 4.69) is 0 Å². The molecule has 1 aliphatic rings. The number of anilines is 1. The van der Waals surface area contributed by atoms with Crippen molar-refractivity contribution < 1.29 is 13.2 Å². The lowest BCUT2D eigenvalue weighted by molar-refractivity contribution is -0.133. The number of fused-ring (bicyclic) bond motifs is 1. The molecule has 0 saturated carbocycles. The number of hydrogen-bond acceptors (Lipinski definition) is 5. The van der Waals surface area contributed by atoms with Gasteiger partial charge < -0.3 is 16.4 Å². The van der Waals surface area contributed by atoms with Crippen molar-refractivity contribution in [3.8, 4) is 0 Å². The van der Waals surface area contributed by atoms with Crippen LogP contribution in [-0.4, -0.2) is 44.4 Å². The molecule has 0 aliphatic carbocycles. The summed E-state index contributed by atoms with van der Waals surface area (Å²) in [6.45, 7) is 1.23. The fraction of sp³-hybridized carbons (Fsp3) is 0.258. The maximum absolute atomic E-state index is 14.5. The summed E-state index contributed by atoms with van der Waals surface area (Å²) >= 11 is 0. The van der Waals surface area contributed by atoms with Gasteiger partial charge in [-0.2, -0.15) is 0 Å². The number of carbonyl (C=O) groups is 1. The first kappa shape index (κ1) is 26.9. The third-order valence-electron chi connectivity index (χ3n) is 7.48. The Kier molecular flexibility index (Phi) is 7.97. The number of hydrogen-bond donors (Lipinski definition) is 2. The van der Waals surface area contributed by atoms with Gasteiger partial charge in [-0.25, -0.2) is 8.42 Å². The zero-order chi connectivity index (χ0) is 27.4. The SMILES string of the molecule is NCc1ccc(N(C(Cc2ccccc2)C(=O)N2CCCC2CN)S(=O)(=O)c2ccc3ccccc3c2)cc1. The van der Waals surface area contributed by atoms with Gasteiger partial charge in [0.1, 0.15) is 6.04 Å². The molecular formula is C31H34N4O3S. The maximum atomic E-state index is 14.5. The average Bonchev–Trinajstić information content (AvgIpc) is 3.46. The lowest BCUT2D eigenvalue weighted by Gasteiger charge is -2.36. The maximum Gasteiger partial charge on any atom is 0.265 e. The molecule has 202 valence electrons. The predicted octanol–water partition coefficient (Wildman–Crippen LogP) is 4.05. The van der Waals surface area contributed by atoms with Crippen LogP contribution >= 0.6 is 0 Å². The normalized spacial score (nSPS) is 16.4. The van der Waals surface area contributed by atoms with Crippen LogP contribution in [0.4, 0.5) is 5.69 Å². The van der Waals surface area contributed by atoms with E-state index in [1.165, 1.54) is 4.31 Å². The zero-order valence-electron chi connectivity index (χ0n) is 21.8. The number of benzene rings is 4.